The van der Waals surface area contributed by atoms with Gasteiger partial charge in [-0.2, -0.15) is 0 Å². The Morgan fingerprint density at radius 3 is 2.30 bits per heavy atom. The Labute approximate surface area is 119 Å². The SMILES string of the molecule is COC(=O)c1cccc(CCC=C(C)C)c1C(=O)OC. The molecule has 20 heavy (non-hydrogen) atoms. The Balaban J connectivity index is 3.19. The summed E-state index contributed by atoms with van der Waals surface area (Å²) in [7, 11) is 2.59. The zero-order chi connectivity index (χ0) is 15.1. The van der Waals surface area contributed by atoms with Gasteiger partial charge in [-0.3, -0.25) is 0 Å². The van der Waals surface area contributed by atoms with Gasteiger partial charge in [-0.05, 0) is 38.3 Å². The molecular weight excluding hydrogens is 256 g/mol. The van der Waals surface area contributed by atoms with Crippen molar-refractivity contribution in [3.8, 4) is 0 Å². The molecule has 0 atom stereocenters. The Kier molecular flexibility index (Phi) is 5.97. The third-order valence-corrected chi connectivity index (χ3v) is 2.91. The standard InChI is InChI=1S/C16H20O4/c1-11(2)7-5-8-12-9-6-10-13(15(17)19-3)14(12)16(18)20-4/h6-7,9-10H,5,8H2,1-4H3. The van der Waals surface area contributed by atoms with Gasteiger partial charge in [-0.15, -0.1) is 0 Å². The first-order chi connectivity index (χ1) is 9.51. The molecule has 0 aliphatic rings. The van der Waals surface area contributed by atoms with E-state index in [9.17, 15) is 9.59 Å². The molecule has 0 amide bonds. The first-order valence-electron chi connectivity index (χ1n) is 6.43. The van der Waals surface area contributed by atoms with Gasteiger partial charge in [0.25, 0.3) is 0 Å². The second-order valence-electron chi connectivity index (χ2n) is 4.64. The first kappa shape index (κ1) is 16.0. The van der Waals surface area contributed by atoms with Crippen LogP contribution in [0.1, 0.15) is 46.5 Å². The first-order valence-corrected chi connectivity index (χ1v) is 6.43. The Hall–Kier alpha value is -2.10. The summed E-state index contributed by atoms with van der Waals surface area (Å²) in [6.45, 7) is 4.04. The van der Waals surface area contributed by atoms with Gasteiger partial charge >= 0.3 is 11.9 Å². The van der Waals surface area contributed by atoms with E-state index >= 15 is 0 Å². The van der Waals surface area contributed by atoms with Crippen LogP contribution in [-0.4, -0.2) is 26.2 Å². The molecule has 0 radical (unpaired) electrons. The van der Waals surface area contributed by atoms with Crippen molar-refractivity contribution in [3.63, 3.8) is 0 Å². The van der Waals surface area contributed by atoms with Crippen molar-refractivity contribution in [1.29, 1.82) is 0 Å². The maximum absolute atomic E-state index is 11.9. The molecular formula is C16H20O4. The second-order valence-corrected chi connectivity index (χ2v) is 4.64. The van der Waals surface area contributed by atoms with Gasteiger partial charge < -0.3 is 9.47 Å². The fourth-order valence-corrected chi connectivity index (χ4v) is 1.95. The average molecular weight is 276 g/mol. The fourth-order valence-electron chi connectivity index (χ4n) is 1.95. The smallest absolute Gasteiger partial charge is 0.339 e. The highest BCUT2D eigenvalue weighted by molar-refractivity contribution is 6.04. The van der Waals surface area contributed by atoms with E-state index in [0.29, 0.717) is 12.0 Å². The van der Waals surface area contributed by atoms with Crippen molar-refractivity contribution >= 4 is 11.9 Å². The molecule has 1 aromatic carbocycles. The van der Waals surface area contributed by atoms with E-state index in [0.717, 1.165) is 12.0 Å². The molecule has 0 aliphatic carbocycles. The molecule has 0 spiro atoms. The monoisotopic (exact) mass is 276 g/mol. The summed E-state index contributed by atoms with van der Waals surface area (Å²) < 4.78 is 9.49. The van der Waals surface area contributed by atoms with E-state index in [-0.39, 0.29) is 5.56 Å². The van der Waals surface area contributed by atoms with Crippen molar-refractivity contribution in [3.05, 3.63) is 46.5 Å². The highest BCUT2D eigenvalue weighted by Gasteiger charge is 2.21. The molecule has 108 valence electrons. The van der Waals surface area contributed by atoms with Crippen LogP contribution >= 0.6 is 0 Å². The zero-order valence-corrected chi connectivity index (χ0v) is 12.4. The third-order valence-electron chi connectivity index (χ3n) is 2.91. The molecule has 0 heterocycles. The zero-order valence-electron chi connectivity index (χ0n) is 12.4. The highest BCUT2D eigenvalue weighted by atomic mass is 16.5. The van der Waals surface area contributed by atoms with E-state index in [2.05, 4.69) is 6.08 Å². The lowest BCUT2D eigenvalue weighted by Crippen LogP contribution is -2.14. The van der Waals surface area contributed by atoms with Gasteiger partial charge in [-0.25, -0.2) is 9.59 Å². The highest BCUT2D eigenvalue weighted by Crippen LogP contribution is 2.19. The van der Waals surface area contributed by atoms with Crippen LogP contribution in [0.15, 0.2) is 29.8 Å². The number of benzene rings is 1. The van der Waals surface area contributed by atoms with Crippen LogP contribution in [0.2, 0.25) is 0 Å². The van der Waals surface area contributed by atoms with E-state index in [4.69, 9.17) is 9.47 Å². The minimum Gasteiger partial charge on any atom is -0.465 e. The third kappa shape index (κ3) is 3.95. The summed E-state index contributed by atoms with van der Waals surface area (Å²) in [6, 6.07) is 5.15. The van der Waals surface area contributed by atoms with Crippen LogP contribution in [0.5, 0.6) is 0 Å². The van der Waals surface area contributed by atoms with Crippen molar-refractivity contribution in [2.75, 3.05) is 14.2 Å². The molecule has 4 nitrogen and oxygen atoms in total. The predicted molar refractivity (Wildman–Crippen MR) is 76.9 cm³/mol. The average Bonchev–Trinajstić information content (AvgIpc) is 2.45. The van der Waals surface area contributed by atoms with Gasteiger partial charge in [0.2, 0.25) is 0 Å². The lowest BCUT2D eigenvalue weighted by Gasteiger charge is -2.11. The van der Waals surface area contributed by atoms with Gasteiger partial charge in [0.05, 0.1) is 25.3 Å². The Bertz CT molecular complexity index is 525. The summed E-state index contributed by atoms with van der Waals surface area (Å²) in [4.78, 5) is 23.7. The lowest BCUT2D eigenvalue weighted by atomic mass is 9.97. The summed E-state index contributed by atoms with van der Waals surface area (Å²) >= 11 is 0. The van der Waals surface area contributed by atoms with Gasteiger partial charge in [-0.1, -0.05) is 23.8 Å². The van der Waals surface area contributed by atoms with Crippen LogP contribution in [0, 0.1) is 0 Å². The number of hydrogen-bond acceptors (Lipinski definition) is 4. The fraction of sp³-hybridized carbons (Fsp3) is 0.375. The topological polar surface area (TPSA) is 52.6 Å². The van der Waals surface area contributed by atoms with E-state index in [1.165, 1.54) is 19.8 Å². The largest absolute Gasteiger partial charge is 0.465 e. The van der Waals surface area contributed by atoms with Crippen LogP contribution in [-0.2, 0) is 15.9 Å². The number of hydrogen-bond donors (Lipinski definition) is 0. The van der Waals surface area contributed by atoms with Crippen LogP contribution < -0.4 is 0 Å². The maximum Gasteiger partial charge on any atom is 0.339 e. The van der Waals surface area contributed by atoms with Crippen LogP contribution in [0.3, 0.4) is 0 Å². The van der Waals surface area contributed by atoms with Gasteiger partial charge in [0.1, 0.15) is 0 Å². The number of allylic oxidation sites excluding steroid dienone is 2. The number of aryl methyl sites for hydroxylation is 1. The molecule has 4 heteroatoms. The van der Waals surface area contributed by atoms with Gasteiger partial charge in [0, 0.05) is 0 Å². The number of carbonyl (C=O) groups is 2. The minimum atomic E-state index is -0.533. The minimum absolute atomic E-state index is 0.244. The summed E-state index contributed by atoms with van der Waals surface area (Å²) in [5.41, 5.74) is 2.55. The Morgan fingerprint density at radius 1 is 1.10 bits per heavy atom. The summed E-state index contributed by atoms with van der Waals surface area (Å²) in [5.74, 6) is -1.05. The van der Waals surface area contributed by atoms with Gasteiger partial charge in [0.15, 0.2) is 0 Å². The number of carbonyl (C=O) groups excluding carboxylic acids is 2. The van der Waals surface area contributed by atoms with Crippen molar-refractivity contribution in [2.24, 2.45) is 0 Å². The molecule has 0 N–H and O–H groups in total. The van der Waals surface area contributed by atoms with E-state index in [1.807, 2.05) is 19.9 Å². The number of methoxy groups -OCH3 is 2. The normalized spacial score (nSPS) is 9.80. The Morgan fingerprint density at radius 2 is 1.75 bits per heavy atom. The molecule has 0 aliphatic heterocycles. The van der Waals surface area contributed by atoms with Crippen molar-refractivity contribution < 1.29 is 19.1 Å². The molecule has 0 bridgehead atoms. The summed E-state index contributed by atoms with van der Waals surface area (Å²) in [6.07, 6.45) is 3.56. The molecule has 0 unspecified atom stereocenters. The summed E-state index contributed by atoms with van der Waals surface area (Å²) in [5, 5.41) is 0. The number of esters is 2. The second kappa shape index (κ2) is 7.48. The molecule has 0 saturated heterocycles. The molecule has 0 fully saturated rings. The van der Waals surface area contributed by atoms with Crippen LogP contribution in [0.25, 0.3) is 0 Å². The molecule has 1 aromatic rings. The molecule has 1 rings (SSSR count). The van der Waals surface area contributed by atoms with Crippen molar-refractivity contribution in [2.45, 2.75) is 26.7 Å². The van der Waals surface area contributed by atoms with Crippen LogP contribution in [0.4, 0.5) is 0 Å². The quantitative estimate of drug-likeness (QED) is 0.612. The molecule has 0 aromatic heterocycles. The van der Waals surface area contributed by atoms with E-state index < -0.39 is 11.9 Å². The lowest BCUT2D eigenvalue weighted by molar-refractivity contribution is 0.0554. The number of rotatable bonds is 5. The predicted octanol–water partition coefficient (Wildman–Crippen LogP) is 3.16. The number of ether oxygens (including phenoxy) is 2. The van der Waals surface area contributed by atoms with E-state index in [1.54, 1.807) is 12.1 Å². The maximum atomic E-state index is 11.9. The molecule has 0 saturated carbocycles. The van der Waals surface area contributed by atoms with Crippen molar-refractivity contribution in [1.82, 2.24) is 0 Å².